The summed E-state index contributed by atoms with van der Waals surface area (Å²) in [4.78, 5) is 31.0. The lowest BCUT2D eigenvalue weighted by Crippen LogP contribution is -2.81. The molecule has 0 unspecified atom stereocenters. The molecule has 3 aliphatic rings. The molecule has 1 aromatic rings. The molecule has 0 radical (unpaired) electrons. The minimum atomic E-state index is -1.32. The van der Waals surface area contributed by atoms with Crippen LogP contribution in [0.5, 0.6) is 0 Å². The van der Waals surface area contributed by atoms with E-state index < -0.39 is 22.8 Å². The first-order valence-electron chi connectivity index (χ1n) is 7.14. The van der Waals surface area contributed by atoms with Gasteiger partial charge in [0, 0.05) is 32.0 Å². The SMILES string of the molecule is CC1=N[C@]2(C)[C@](C)(O1)O[C@]21C(=O)N(C)C(=O)c2ccccc21. The molecule has 0 aliphatic carbocycles. The first-order chi connectivity index (χ1) is 10.3. The van der Waals surface area contributed by atoms with E-state index in [1.807, 2.05) is 6.92 Å². The fourth-order valence-corrected chi connectivity index (χ4v) is 3.85. The molecular formula is C16H16N2O4. The number of hydrogen-bond donors (Lipinski definition) is 0. The Balaban J connectivity index is 2.02. The number of rotatable bonds is 0. The summed E-state index contributed by atoms with van der Waals surface area (Å²) in [5.41, 5.74) is -1.21. The number of carbonyl (C=O) groups excluding carboxylic acids is 2. The van der Waals surface area contributed by atoms with Crippen molar-refractivity contribution >= 4 is 17.7 Å². The van der Waals surface area contributed by atoms with Crippen molar-refractivity contribution in [3.63, 3.8) is 0 Å². The summed E-state index contributed by atoms with van der Waals surface area (Å²) in [5.74, 6) is -1.25. The molecular weight excluding hydrogens is 284 g/mol. The zero-order valence-electron chi connectivity index (χ0n) is 12.8. The van der Waals surface area contributed by atoms with E-state index in [-0.39, 0.29) is 5.91 Å². The van der Waals surface area contributed by atoms with E-state index in [9.17, 15) is 9.59 Å². The van der Waals surface area contributed by atoms with E-state index in [0.717, 1.165) is 4.90 Å². The summed E-state index contributed by atoms with van der Waals surface area (Å²) >= 11 is 0. The van der Waals surface area contributed by atoms with Crippen molar-refractivity contribution < 1.29 is 19.1 Å². The Morgan fingerprint density at radius 1 is 1.18 bits per heavy atom. The summed E-state index contributed by atoms with van der Waals surface area (Å²) < 4.78 is 11.7. The zero-order chi connectivity index (χ0) is 15.9. The van der Waals surface area contributed by atoms with E-state index in [1.165, 1.54) is 7.05 Å². The summed E-state index contributed by atoms with van der Waals surface area (Å²) in [6.07, 6.45) is 0. The molecule has 4 rings (SSSR count). The second-order valence-corrected chi connectivity index (χ2v) is 6.25. The van der Waals surface area contributed by atoms with Crippen LogP contribution in [0.25, 0.3) is 0 Å². The molecule has 1 spiro atoms. The highest BCUT2D eigenvalue weighted by molar-refractivity contribution is 6.13. The highest BCUT2D eigenvalue weighted by Crippen LogP contribution is 2.63. The molecule has 1 saturated heterocycles. The maximum absolute atomic E-state index is 13.0. The van der Waals surface area contributed by atoms with Gasteiger partial charge in [0.25, 0.3) is 11.8 Å². The van der Waals surface area contributed by atoms with E-state index in [0.29, 0.717) is 17.0 Å². The number of imide groups is 1. The Labute approximate surface area is 127 Å². The average Bonchev–Trinajstić information content (AvgIpc) is 2.66. The molecule has 6 nitrogen and oxygen atoms in total. The summed E-state index contributed by atoms with van der Waals surface area (Å²) in [7, 11) is 1.47. The molecule has 3 heterocycles. The van der Waals surface area contributed by atoms with Gasteiger partial charge in [-0.2, -0.15) is 0 Å². The molecule has 0 N–H and O–H groups in total. The lowest BCUT2D eigenvalue weighted by atomic mass is 9.63. The average molecular weight is 300 g/mol. The van der Waals surface area contributed by atoms with Crippen molar-refractivity contribution in [1.29, 1.82) is 0 Å². The van der Waals surface area contributed by atoms with Gasteiger partial charge in [-0.15, -0.1) is 0 Å². The van der Waals surface area contributed by atoms with Crippen molar-refractivity contribution in [3.8, 4) is 0 Å². The standard InChI is InChI=1S/C16H16N2O4/c1-9-17-14(2)15(3,21-9)22-16(14)11-8-6-5-7-10(11)12(19)18(4)13(16)20/h5-8H,1-4H3/t14-,15-,16-/m1/s1. The molecule has 0 saturated carbocycles. The molecule has 0 aromatic heterocycles. The third-order valence-corrected chi connectivity index (χ3v) is 5.09. The quantitative estimate of drug-likeness (QED) is 0.680. The van der Waals surface area contributed by atoms with E-state index in [1.54, 1.807) is 38.1 Å². The number of ether oxygens (including phenoxy) is 2. The molecule has 1 fully saturated rings. The fraction of sp³-hybridized carbons (Fsp3) is 0.438. The summed E-state index contributed by atoms with van der Waals surface area (Å²) in [6, 6.07) is 7.03. The Bertz CT molecular complexity index is 773. The minimum absolute atomic E-state index is 0.327. The largest absolute Gasteiger partial charge is 0.447 e. The Kier molecular flexibility index (Phi) is 2.19. The Morgan fingerprint density at radius 3 is 2.55 bits per heavy atom. The van der Waals surface area contributed by atoms with Crippen LogP contribution in [0.15, 0.2) is 29.3 Å². The third-order valence-electron chi connectivity index (χ3n) is 5.09. The van der Waals surface area contributed by atoms with Crippen LogP contribution in [0, 0.1) is 0 Å². The minimum Gasteiger partial charge on any atom is -0.447 e. The van der Waals surface area contributed by atoms with E-state index >= 15 is 0 Å². The first kappa shape index (κ1) is 13.5. The Hall–Kier alpha value is -2.21. The number of likely N-dealkylation sites (N-methyl/N-ethyl adjacent to an activating group) is 1. The molecule has 114 valence electrons. The number of aliphatic imine (C=N–C) groups is 1. The molecule has 3 aliphatic heterocycles. The van der Waals surface area contributed by atoms with Crippen LogP contribution in [0.3, 0.4) is 0 Å². The van der Waals surface area contributed by atoms with Gasteiger partial charge >= 0.3 is 0 Å². The molecule has 2 amide bonds. The molecule has 3 atom stereocenters. The van der Waals surface area contributed by atoms with Crippen molar-refractivity contribution in [2.45, 2.75) is 37.7 Å². The van der Waals surface area contributed by atoms with Gasteiger partial charge < -0.3 is 9.47 Å². The van der Waals surface area contributed by atoms with Gasteiger partial charge in [0.15, 0.2) is 11.4 Å². The maximum Gasteiger partial charge on any atom is 0.269 e. The number of carbonyl (C=O) groups is 2. The van der Waals surface area contributed by atoms with Gasteiger partial charge in [0.1, 0.15) is 0 Å². The second-order valence-electron chi connectivity index (χ2n) is 6.25. The van der Waals surface area contributed by atoms with Crippen LogP contribution in [0.4, 0.5) is 0 Å². The monoisotopic (exact) mass is 300 g/mol. The van der Waals surface area contributed by atoms with Gasteiger partial charge in [-0.05, 0) is 13.0 Å². The molecule has 1 aromatic carbocycles. The summed E-state index contributed by atoms with van der Waals surface area (Å²) in [5, 5.41) is 0. The predicted octanol–water partition coefficient (Wildman–Crippen LogP) is 1.45. The van der Waals surface area contributed by atoms with Crippen molar-refractivity contribution in [2.75, 3.05) is 7.05 Å². The number of fused-ring (bicyclic) bond motifs is 4. The van der Waals surface area contributed by atoms with Crippen molar-refractivity contribution in [3.05, 3.63) is 35.4 Å². The van der Waals surface area contributed by atoms with Gasteiger partial charge in [0.2, 0.25) is 11.4 Å². The second kappa shape index (κ2) is 3.57. The molecule has 6 heteroatoms. The van der Waals surface area contributed by atoms with Gasteiger partial charge in [0.05, 0.1) is 0 Å². The normalized spacial score (nSPS) is 39.1. The highest BCUT2D eigenvalue weighted by atomic mass is 16.8. The van der Waals surface area contributed by atoms with Crippen LogP contribution in [-0.2, 0) is 19.9 Å². The maximum atomic E-state index is 13.0. The van der Waals surface area contributed by atoms with Crippen LogP contribution in [0.1, 0.15) is 36.7 Å². The highest BCUT2D eigenvalue weighted by Gasteiger charge is 2.82. The molecule has 22 heavy (non-hydrogen) atoms. The first-order valence-corrected chi connectivity index (χ1v) is 7.14. The zero-order valence-corrected chi connectivity index (χ0v) is 12.8. The van der Waals surface area contributed by atoms with Crippen LogP contribution in [-0.4, -0.2) is 41.0 Å². The number of amides is 2. The fourth-order valence-electron chi connectivity index (χ4n) is 3.85. The lowest BCUT2D eigenvalue weighted by Gasteiger charge is -2.62. The number of hydrogen-bond acceptors (Lipinski definition) is 5. The topological polar surface area (TPSA) is 68.2 Å². The predicted molar refractivity (Wildman–Crippen MR) is 77.3 cm³/mol. The van der Waals surface area contributed by atoms with Crippen LogP contribution >= 0.6 is 0 Å². The Morgan fingerprint density at radius 2 is 1.86 bits per heavy atom. The van der Waals surface area contributed by atoms with Crippen LogP contribution < -0.4 is 0 Å². The van der Waals surface area contributed by atoms with Crippen molar-refractivity contribution in [2.24, 2.45) is 4.99 Å². The third kappa shape index (κ3) is 1.12. The van der Waals surface area contributed by atoms with Gasteiger partial charge in [-0.3, -0.25) is 14.5 Å². The van der Waals surface area contributed by atoms with Gasteiger partial charge in [-0.25, -0.2) is 4.99 Å². The number of benzene rings is 1. The van der Waals surface area contributed by atoms with E-state index in [4.69, 9.17) is 9.47 Å². The molecule has 0 bridgehead atoms. The van der Waals surface area contributed by atoms with Crippen molar-refractivity contribution in [1.82, 2.24) is 4.90 Å². The lowest BCUT2D eigenvalue weighted by molar-refractivity contribution is -0.382. The number of nitrogens with zero attached hydrogens (tertiary/aromatic N) is 2. The smallest absolute Gasteiger partial charge is 0.269 e. The van der Waals surface area contributed by atoms with Crippen LogP contribution in [0.2, 0.25) is 0 Å². The summed E-state index contributed by atoms with van der Waals surface area (Å²) in [6.45, 7) is 5.34. The van der Waals surface area contributed by atoms with Gasteiger partial charge in [-0.1, -0.05) is 18.2 Å². The van der Waals surface area contributed by atoms with E-state index in [2.05, 4.69) is 4.99 Å².